The summed E-state index contributed by atoms with van der Waals surface area (Å²) in [5.74, 6) is 0.416. The monoisotopic (exact) mass is 282 g/mol. The average molecular weight is 283 g/mol. The first kappa shape index (κ1) is 14.2. The Kier molecular flexibility index (Phi) is 4.04. The summed E-state index contributed by atoms with van der Waals surface area (Å²) < 4.78 is 5.33. The Bertz CT molecular complexity index is 476. The van der Waals surface area contributed by atoms with Gasteiger partial charge in [0.25, 0.3) is 0 Å². The molecule has 0 heterocycles. The molecule has 0 bridgehead atoms. The van der Waals surface area contributed by atoms with Crippen LogP contribution in [0.15, 0.2) is 18.2 Å². The van der Waals surface area contributed by atoms with Crippen molar-refractivity contribution in [2.24, 2.45) is 5.92 Å². The van der Waals surface area contributed by atoms with Crippen LogP contribution in [0.1, 0.15) is 38.2 Å². The zero-order chi connectivity index (χ0) is 14.0. The molecule has 0 amide bonds. The van der Waals surface area contributed by atoms with Gasteiger partial charge in [-0.05, 0) is 49.8 Å². The standard InChI is InChI=1S/C15H19ClO3/c1-10-5-7-15(8-6-10,14(17)18)12-9-11(16)3-4-13(12)19-2/h3-4,9-10H,5-8H2,1-2H3,(H,17,18). The fraction of sp³-hybridized carbons (Fsp3) is 0.533. The maximum atomic E-state index is 11.9. The van der Waals surface area contributed by atoms with E-state index < -0.39 is 11.4 Å². The van der Waals surface area contributed by atoms with E-state index in [2.05, 4.69) is 6.92 Å². The first-order valence-corrected chi connectivity index (χ1v) is 6.95. The fourth-order valence-corrected chi connectivity index (χ4v) is 3.08. The second-order valence-electron chi connectivity index (χ2n) is 5.41. The van der Waals surface area contributed by atoms with Crippen molar-refractivity contribution >= 4 is 17.6 Å². The van der Waals surface area contributed by atoms with Crippen molar-refractivity contribution in [3.05, 3.63) is 28.8 Å². The number of hydrogen-bond donors (Lipinski definition) is 1. The van der Waals surface area contributed by atoms with Crippen LogP contribution in [0.4, 0.5) is 0 Å². The molecule has 0 aliphatic heterocycles. The Balaban J connectivity index is 2.50. The molecule has 3 nitrogen and oxygen atoms in total. The van der Waals surface area contributed by atoms with Gasteiger partial charge in [-0.2, -0.15) is 0 Å². The second kappa shape index (κ2) is 5.41. The van der Waals surface area contributed by atoms with Crippen molar-refractivity contribution in [1.82, 2.24) is 0 Å². The lowest BCUT2D eigenvalue weighted by atomic mass is 9.66. The summed E-state index contributed by atoms with van der Waals surface area (Å²) in [5.41, 5.74) is -0.148. The summed E-state index contributed by atoms with van der Waals surface area (Å²) in [4.78, 5) is 11.9. The Hall–Kier alpha value is -1.22. The van der Waals surface area contributed by atoms with Crippen molar-refractivity contribution in [2.45, 2.75) is 38.0 Å². The number of methoxy groups -OCH3 is 1. The molecule has 1 N–H and O–H groups in total. The molecule has 19 heavy (non-hydrogen) atoms. The molecule has 0 radical (unpaired) electrons. The normalized spacial score (nSPS) is 27.0. The van der Waals surface area contributed by atoms with E-state index in [4.69, 9.17) is 16.3 Å². The van der Waals surface area contributed by atoms with Crippen LogP contribution in [-0.2, 0) is 10.2 Å². The van der Waals surface area contributed by atoms with Crippen molar-refractivity contribution in [1.29, 1.82) is 0 Å². The van der Waals surface area contributed by atoms with Crippen LogP contribution in [0.2, 0.25) is 5.02 Å². The molecule has 0 aromatic heterocycles. The molecule has 1 saturated carbocycles. The second-order valence-corrected chi connectivity index (χ2v) is 5.85. The van der Waals surface area contributed by atoms with Crippen LogP contribution in [-0.4, -0.2) is 18.2 Å². The summed E-state index contributed by atoms with van der Waals surface area (Å²) in [7, 11) is 1.56. The number of carbonyl (C=O) groups is 1. The number of ether oxygens (including phenoxy) is 1. The van der Waals surface area contributed by atoms with E-state index in [1.807, 2.05) is 0 Å². The van der Waals surface area contributed by atoms with Gasteiger partial charge in [0.15, 0.2) is 0 Å². The molecular weight excluding hydrogens is 264 g/mol. The van der Waals surface area contributed by atoms with Crippen LogP contribution in [0, 0.1) is 5.92 Å². The Morgan fingerprint density at radius 1 is 1.42 bits per heavy atom. The number of halogens is 1. The lowest BCUT2D eigenvalue weighted by Crippen LogP contribution is -2.39. The van der Waals surface area contributed by atoms with Gasteiger partial charge in [-0.15, -0.1) is 0 Å². The van der Waals surface area contributed by atoms with E-state index >= 15 is 0 Å². The number of benzene rings is 1. The highest BCUT2D eigenvalue weighted by atomic mass is 35.5. The van der Waals surface area contributed by atoms with E-state index in [1.54, 1.807) is 25.3 Å². The Morgan fingerprint density at radius 2 is 2.05 bits per heavy atom. The highest BCUT2D eigenvalue weighted by Gasteiger charge is 2.44. The highest BCUT2D eigenvalue weighted by Crippen LogP contribution is 2.45. The third-order valence-electron chi connectivity index (χ3n) is 4.21. The summed E-state index contributed by atoms with van der Waals surface area (Å²) in [6.07, 6.45) is 3.12. The summed E-state index contributed by atoms with van der Waals surface area (Å²) in [6.45, 7) is 2.17. The van der Waals surface area contributed by atoms with Gasteiger partial charge >= 0.3 is 5.97 Å². The topological polar surface area (TPSA) is 46.5 Å². The van der Waals surface area contributed by atoms with E-state index in [0.29, 0.717) is 35.1 Å². The minimum absolute atomic E-state index is 0.551. The quantitative estimate of drug-likeness (QED) is 0.915. The van der Waals surface area contributed by atoms with Gasteiger partial charge in [0, 0.05) is 10.6 Å². The predicted molar refractivity (Wildman–Crippen MR) is 74.9 cm³/mol. The van der Waals surface area contributed by atoms with Gasteiger partial charge in [0.05, 0.1) is 12.5 Å². The maximum absolute atomic E-state index is 11.9. The lowest BCUT2D eigenvalue weighted by molar-refractivity contribution is -0.145. The number of rotatable bonds is 3. The molecule has 1 aliphatic carbocycles. The average Bonchev–Trinajstić information content (AvgIpc) is 2.39. The zero-order valence-corrected chi connectivity index (χ0v) is 12.0. The molecule has 1 fully saturated rings. The van der Waals surface area contributed by atoms with E-state index in [-0.39, 0.29) is 0 Å². The van der Waals surface area contributed by atoms with Gasteiger partial charge in [0.2, 0.25) is 0 Å². The van der Waals surface area contributed by atoms with Crippen molar-refractivity contribution in [3.63, 3.8) is 0 Å². The number of carboxylic acids is 1. The Morgan fingerprint density at radius 3 is 2.58 bits per heavy atom. The van der Waals surface area contributed by atoms with Gasteiger partial charge in [-0.3, -0.25) is 4.79 Å². The van der Waals surface area contributed by atoms with Gasteiger partial charge < -0.3 is 9.84 Å². The fourth-order valence-electron chi connectivity index (χ4n) is 2.91. The van der Waals surface area contributed by atoms with Crippen LogP contribution in [0.5, 0.6) is 5.75 Å². The molecule has 0 unspecified atom stereocenters. The van der Waals surface area contributed by atoms with Crippen LogP contribution in [0.25, 0.3) is 0 Å². The lowest BCUT2D eigenvalue weighted by Gasteiger charge is -2.37. The first-order chi connectivity index (χ1) is 8.99. The van der Waals surface area contributed by atoms with Crippen LogP contribution in [0.3, 0.4) is 0 Å². The summed E-state index contributed by atoms with van der Waals surface area (Å²) >= 11 is 6.04. The Labute approximate surface area is 118 Å². The van der Waals surface area contributed by atoms with Crippen molar-refractivity contribution in [3.8, 4) is 5.75 Å². The van der Waals surface area contributed by atoms with Gasteiger partial charge in [-0.25, -0.2) is 0 Å². The molecule has 1 aromatic carbocycles. The minimum Gasteiger partial charge on any atom is -0.496 e. The molecule has 1 aliphatic rings. The number of aliphatic carboxylic acids is 1. The SMILES string of the molecule is COc1ccc(Cl)cc1C1(C(=O)O)CCC(C)CC1. The number of hydrogen-bond acceptors (Lipinski definition) is 2. The molecule has 1 aromatic rings. The molecule has 0 atom stereocenters. The maximum Gasteiger partial charge on any atom is 0.314 e. The smallest absolute Gasteiger partial charge is 0.314 e. The summed E-state index contributed by atoms with van der Waals surface area (Å²) in [5, 5.41) is 10.3. The van der Waals surface area contributed by atoms with Crippen molar-refractivity contribution < 1.29 is 14.6 Å². The molecule has 104 valence electrons. The molecule has 4 heteroatoms. The molecule has 0 spiro atoms. The van der Waals surface area contributed by atoms with E-state index in [9.17, 15) is 9.90 Å². The van der Waals surface area contributed by atoms with E-state index in [0.717, 1.165) is 12.8 Å². The minimum atomic E-state index is -0.858. The largest absolute Gasteiger partial charge is 0.496 e. The zero-order valence-electron chi connectivity index (χ0n) is 11.3. The predicted octanol–water partition coefficient (Wildman–Crippen LogP) is 3.88. The van der Waals surface area contributed by atoms with Crippen LogP contribution < -0.4 is 4.74 Å². The third-order valence-corrected chi connectivity index (χ3v) is 4.45. The van der Waals surface area contributed by atoms with Gasteiger partial charge in [-0.1, -0.05) is 18.5 Å². The highest BCUT2D eigenvalue weighted by molar-refractivity contribution is 6.30. The molecule has 2 rings (SSSR count). The number of carboxylic acid groups (broad SMARTS) is 1. The summed E-state index contributed by atoms with van der Waals surface area (Å²) in [6, 6.07) is 5.22. The third kappa shape index (κ3) is 2.57. The van der Waals surface area contributed by atoms with Crippen molar-refractivity contribution in [2.75, 3.05) is 7.11 Å². The van der Waals surface area contributed by atoms with Crippen LogP contribution >= 0.6 is 11.6 Å². The molecule has 0 saturated heterocycles. The van der Waals surface area contributed by atoms with E-state index in [1.165, 1.54) is 0 Å². The van der Waals surface area contributed by atoms with Gasteiger partial charge in [0.1, 0.15) is 5.75 Å². The first-order valence-electron chi connectivity index (χ1n) is 6.57. The molecular formula is C15H19ClO3.